The molecule has 0 saturated carbocycles. The van der Waals surface area contributed by atoms with Crippen LogP contribution in [-0.2, 0) is 9.59 Å². The number of ether oxygens (including phenoxy) is 1. The third-order valence-electron chi connectivity index (χ3n) is 5.35. The molecule has 0 aliphatic carbocycles. The van der Waals surface area contributed by atoms with E-state index in [1.54, 1.807) is 18.2 Å². The number of carbonyl (C=O) groups is 2. The van der Waals surface area contributed by atoms with Crippen LogP contribution in [0.5, 0.6) is 5.75 Å². The average Bonchev–Trinajstić information content (AvgIpc) is 3.05. The minimum absolute atomic E-state index is 0.273. The van der Waals surface area contributed by atoms with Crippen molar-refractivity contribution in [3.05, 3.63) is 95.2 Å². The molecule has 1 aliphatic heterocycles. The molecule has 4 rings (SSSR count). The van der Waals surface area contributed by atoms with Crippen LogP contribution < -0.4 is 15.0 Å². The highest BCUT2D eigenvalue weighted by Gasteiger charge is 2.40. The van der Waals surface area contributed by atoms with Gasteiger partial charge in [-0.05, 0) is 55.2 Å². The highest BCUT2D eigenvalue weighted by molar-refractivity contribution is 6.46. The Bertz CT molecular complexity index is 1200. The minimum Gasteiger partial charge on any atom is -0.494 e. The molecule has 0 bridgehead atoms. The van der Waals surface area contributed by atoms with E-state index in [1.165, 1.54) is 4.90 Å². The monoisotopic (exact) mass is 426 g/mol. The van der Waals surface area contributed by atoms with Gasteiger partial charge >= 0.3 is 0 Å². The number of nitrogens with zero attached hydrogens (tertiary/aromatic N) is 1. The summed E-state index contributed by atoms with van der Waals surface area (Å²) in [6.07, 6.45) is 0.870. The Morgan fingerprint density at radius 3 is 2.41 bits per heavy atom. The number of amides is 2. The van der Waals surface area contributed by atoms with E-state index in [-0.39, 0.29) is 17.5 Å². The lowest BCUT2D eigenvalue weighted by atomic mass is 10.0. The van der Waals surface area contributed by atoms with E-state index in [0.29, 0.717) is 29.2 Å². The van der Waals surface area contributed by atoms with Crippen LogP contribution in [-0.4, -0.2) is 18.4 Å². The van der Waals surface area contributed by atoms with Gasteiger partial charge in [0.15, 0.2) is 0 Å². The van der Waals surface area contributed by atoms with Crippen molar-refractivity contribution in [1.29, 1.82) is 0 Å². The van der Waals surface area contributed by atoms with Gasteiger partial charge in [0, 0.05) is 11.8 Å². The maximum Gasteiger partial charge on any atom is 0.282 e. The Morgan fingerprint density at radius 2 is 1.66 bits per heavy atom. The van der Waals surface area contributed by atoms with Gasteiger partial charge in [0.05, 0.1) is 17.9 Å². The SMILES string of the molecule is CCCOc1cccc(N2C(=O)C(Nc3cc(C)ccc3C)=C(c3ccccc3)C2=O)c1. The minimum atomic E-state index is -0.387. The van der Waals surface area contributed by atoms with Crippen LogP contribution in [0.1, 0.15) is 30.0 Å². The highest BCUT2D eigenvalue weighted by atomic mass is 16.5. The van der Waals surface area contributed by atoms with Crippen molar-refractivity contribution in [3.63, 3.8) is 0 Å². The Hall–Kier alpha value is -3.86. The van der Waals surface area contributed by atoms with Crippen molar-refractivity contribution >= 4 is 28.8 Å². The molecular weight excluding hydrogens is 400 g/mol. The number of anilines is 2. The van der Waals surface area contributed by atoms with Gasteiger partial charge in [-0.25, -0.2) is 4.90 Å². The second-order valence-corrected chi connectivity index (χ2v) is 7.85. The second-order valence-electron chi connectivity index (χ2n) is 7.85. The first-order valence-electron chi connectivity index (χ1n) is 10.7. The molecule has 3 aromatic carbocycles. The van der Waals surface area contributed by atoms with Crippen molar-refractivity contribution < 1.29 is 14.3 Å². The molecule has 5 nitrogen and oxygen atoms in total. The summed E-state index contributed by atoms with van der Waals surface area (Å²) < 4.78 is 5.71. The van der Waals surface area contributed by atoms with E-state index in [0.717, 1.165) is 23.2 Å². The molecule has 0 spiro atoms. The number of nitrogens with one attached hydrogen (secondary N) is 1. The van der Waals surface area contributed by atoms with Crippen LogP contribution in [0.3, 0.4) is 0 Å². The topological polar surface area (TPSA) is 58.6 Å². The fraction of sp³-hybridized carbons (Fsp3) is 0.185. The summed E-state index contributed by atoms with van der Waals surface area (Å²) in [5.74, 6) is -0.119. The normalized spacial score (nSPS) is 13.7. The molecule has 3 aromatic rings. The summed E-state index contributed by atoms with van der Waals surface area (Å²) in [5.41, 5.74) is 4.67. The maximum atomic E-state index is 13.6. The van der Waals surface area contributed by atoms with E-state index in [2.05, 4.69) is 5.32 Å². The Morgan fingerprint density at radius 1 is 0.875 bits per heavy atom. The largest absolute Gasteiger partial charge is 0.494 e. The fourth-order valence-corrected chi connectivity index (χ4v) is 3.69. The predicted octanol–water partition coefficient (Wildman–Crippen LogP) is 5.49. The molecule has 32 heavy (non-hydrogen) atoms. The van der Waals surface area contributed by atoms with Gasteiger partial charge in [-0.2, -0.15) is 0 Å². The van der Waals surface area contributed by atoms with Gasteiger partial charge < -0.3 is 10.1 Å². The first-order valence-corrected chi connectivity index (χ1v) is 10.7. The third kappa shape index (κ3) is 4.14. The van der Waals surface area contributed by atoms with Crippen molar-refractivity contribution in [1.82, 2.24) is 0 Å². The van der Waals surface area contributed by atoms with Gasteiger partial charge in [-0.1, -0.05) is 55.5 Å². The standard InChI is InChI=1S/C27H26N2O3/c1-4-15-32-22-12-8-11-21(17-22)29-26(30)24(20-9-6-5-7-10-20)25(27(29)31)28-23-16-18(2)13-14-19(23)3/h5-14,16-17,28H,4,15H2,1-3H3. The number of benzene rings is 3. The first kappa shape index (κ1) is 21.4. The molecule has 5 heteroatoms. The van der Waals surface area contributed by atoms with Gasteiger partial charge in [-0.15, -0.1) is 0 Å². The summed E-state index contributed by atoms with van der Waals surface area (Å²) in [6, 6.07) is 22.4. The molecule has 0 fully saturated rings. The molecule has 0 atom stereocenters. The van der Waals surface area contributed by atoms with Crippen LogP contribution in [0.15, 0.2) is 78.5 Å². The second kappa shape index (κ2) is 9.10. The van der Waals surface area contributed by atoms with Crippen LogP contribution in [0.25, 0.3) is 5.57 Å². The van der Waals surface area contributed by atoms with Crippen LogP contribution in [0.2, 0.25) is 0 Å². The lowest BCUT2D eigenvalue weighted by molar-refractivity contribution is -0.120. The molecular formula is C27H26N2O3. The number of hydrogen-bond donors (Lipinski definition) is 1. The van der Waals surface area contributed by atoms with Crippen LogP contribution in [0.4, 0.5) is 11.4 Å². The van der Waals surface area contributed by atoms with E-state index in [1.807, 2.05) is 75.4 Å². The lowest BCUT2D eigenvalue weighted by Crippen LogP contribution is -2.32. The summed E-state index contributed by atoms with van der Waals surface area (Å²) in [5, 5.41) is 3.26. The molecule has 0 unspecified atom stereocenters. The van der Waals surface area contributed by atoms with Crippen molar-refractivity contribution in [3.8, 4) is 5.75 Å². The van der Waals surface area contributed by atoms with E-state index in [4.69, 9.17) is 4.74 Å². The smallest absolute Gasteiger partial charge is 0.282 e. The lowest BCUT2D eigenvalue weighted by Gasteiger charge is -2.17. The summed E-state index contributed by atoms with van der Waals surface area (Å²) in [6.45, 7) is 6.56. The average molecular weight is 427 g/mol. The zero-order valence-corrected chi connectivity index (χ0v) is 18.5. The zero-order chi connectivity index (χ0) is 22.7. The molecule has 1 N–H and O–H groups in total. The van der Waals surface area contributed by atoms with Gasteiger partial charge in [-0.3, -0.25) is 9.59 Å². The third-order valence-corrected chi connectivity index (χ3v) is 5.35. The maximum absolute atomic E-state index is 13.6. The number of aryl methyl sites for hydroxylation is 2. The van der Waals surface area contributed by atoms with Crippen LogP contribution >= 0.6 is 0 Å². The summed E-state index contributed by atoms with van der Waals surface area (Å²) in [7, 11) is 0. The van der Waals surface area contributed by atoms with Gasteiger partial charge in [0.1, 0.15) is 11.4 Å². The van der Waals surface area contributed by atoms with E-state index < -0.39 is 0 Å². The zero-order valence-electron chi connectivity index (χ0n) is 18.5. The fourth-order valence-electron chi connectivity index (χ4n) is 3.69. The van der Waals surface area contributed by atoms with Crippen LogP contribution in [0, 0.1) is 13.8 Å². The molecule has 1 heterocycles. The molecule has 0 aromatic heterocycles. The first-order chi connectivity index (χ1) is 15.5. The summed E-state index contributed by atoms with van der Waals surface area (Å²) >= 11 is 0. The highest BCUT2D eigenvalue weighted by Crippen LogP contribution is 2.35. The number of imide groups is 1. The summed E-state index contributed by atoms with van der Waals surface area (Å²) in [4.78, 5) is 28.3. The quantitative estimate of drug-likeness (QED) is 0.508. The Balaban J connectivity index is 1.78. The van der Waals surface area contributed by atoms with E-state index in [9.17, 15) is 9.59 Å². The molecule has 162 valence electrons. The Kier molecular flexibility index (Phi) is 6.08. The van der Waals surface area contributed by atoms with Crippen molar-refractivity contribution in [2.24, 2.45) is 0 Å². The predicted molar refractivity (Wildman–Crippen MR) is 128 cm³/mol. The van der Waals surface area contributed by atoms with Crippen molar-refractivity contribution in [2.45, 2.75) is 27.2 Å². The molecule has 1 aliphatic rings. The molecule has 0 radical (unpaired) electrons. The van der Waals surface area contributed by atoms with Gasteiger partial charge in [0.2, 0.25) is 0 Å². The van der Waals surface area contributed by atoms with Gasteiger partial charge in [0.25, 0.3) is 11.8 Å². The molecule has 0 saturated heterocycles. The number of hydrogen-bond acceptors (Lipinski definition) is 4. The van der Waals surface area contributed by atoms with Crippen molar-refractivity contribution in [2.75, 3.05) is 16.8 Å². The number of carbonyl (C=O) groups excluding carboxylic acids is 2. The molecule has 2 amide bonds. The van der Waals surface area contributed by atoms with E-state index >= 15 is 0 Å². The number of rotatable bonds is 7. The Labute approximate surface area is 188 Å².